The Kier molecular flexibility index (Phi) is 4.30. The van der Waals surface area contributed by atoms with Crippen LogP contribution in [0.3, 0.4) is 0 Å². The molecular formula is C16H18O2Sn. The molecule has 2 aromatic rings. The van der Waals surface area contributed by atoms with Gasteiger partial charge in [0.2, 0.25) is 0 Å². The van der Waals surface area contributed by atoms with Gasteiger partial charge in [0.1, 0.15) is 0 Å². The maximum absolute atomic E-state index is 11.0. The van der Waals surface area contributed by atoms with Crippen molar-refractivity contribution in [3.8, 4) is 11.5 Å². The van der Waals surface area contributed by atoms with Gasteiger partial charge >= 0.3 is 118 Å². The van der Waals surface area contributed by atoms with Gasteiger partial charge in [0.15, 0.2) is 0 Å². The monoisotopic (exact) mass is 362 g/mol. The van der Waals surface area contributed by atoms with Gasteiger partial charge in [0, 0.05) is 0 Å². The van der Waals surface area contributed by atoms with Crippen molar-refractivity contribution in [2.75, 3.05) is 0 Å². The van der Waals surface area contributed by atoms with Gasteiger partial charge < -0.3 is 0 Å². The van der Waals surface area contributed by atoms with Crippen molar-refractivity contribution < 1.29 is 9.53 Å². The Labute approximate surface area is 118 Å². The molecule has 2 aromatic carbocycles. The third-order valence-electron chi connectivity index (χ3n) is 2.97. The molecule has 0 bridgehead atoms. The quantitative estimate of drug-likeness (QED) is 0.611. The molecule has 0 aromatic heterocycles. The van der Waals surface area contributed by atoms with Crippen molar-refractivity contribution >= 4 is 28.2 Å². The molecule has 0 fully saturated rings. The number of hydrogen-bond acceptors (Lipinski definition) is 2. The van der Waals surface area contributed by atoms with Crippen molar-refractivity contribution in [2.45, 2.75) is 14.8 Å². The second-order valence-corrected chi connectivity index (χ2v) is 20.0. The second kappa shape index (κ2) is 5.78. The van der Waals surface area contributed by atoms with E-state index in [0.717, 1.165) is 12.0 Å². The summed E-state index contributed by atoms with van der Waals surface area (Å²) in [7, 11) is 0. The van der Waals surface area contributed by atoms with E-state index < -0.39 is 18.4 Å². The second-order valence-electron chi connectivity index (χ2n) is 5.54. The number of ether oxygens (including phenoxy) is 1. The third kappa shape index (κ3) is 3.60. The third-order valence-corrected chi connectivity index (χ3v) is 8.80. The molecule has 0 saturated carbocycles. The van der Waals surface area contributed by atoms with E-state index in [-0.39, 0.29) is 0 Å². The topological polar surface area (TPSA) is 26.3 Å². The molecule has 0 spiro atoms. The molecule has 0 atom stereocenters. The fraction of sp³-hybridized carbons (Fsp3) is 0.188. The van der Waals surface area contributed by atoms with Gasteiger partial charge in [0.25, 0.3) is 0 Å². The summed E-state index contributed by atoms with van der Waals surface area (Å²) >= 11 is -2.08. The molecule has 0 heterocycles. The summed E-state index contributed by atoms with van der Waals surface area (Å²) in [5.74, 6) is 1.41. The molecule has 0 amide bonds. The Morgan fingerprint density at radius 3 is 2.42 bits per heavy atom. The van der Waals surface area contributed by atoms with E-state index in [1.165, 1.54) is 3.58 Å². The fourth-order valence-corrected chi connectivity index (χ4v) is 5.17. The minimum atomic E-state index is -2.08. The first-order valence-corrected chi connectivity index (χ1v) is 16.3. The molecule has 0 aliphatic heterocycles. The molecule has 19 heavy (non-hydrogen) atoms. The van der Waals surface area contributed by atoms with Crippen LogP contribution in [0.5, 0.6) is 11.5 Å². The van der Waals surface area contributed by atoms with Crippen LogP contribution >= 0.6 is 0 Å². The van der Waals surface area contributed by atoms with E-state index in [9.17, 15) is 4.79 Å². The van der Waals surface area contributed by atoms with Gasteiger partial charge in [-0.15, -0.1) is 0 Å². The Balaban J connectivity index is 2.31. The van der Waals surface area contributed by atoms with E-state index in [1.807, 2.05) is 30.3 Å². The Morgan fingerprint density at radius 1 is 1.00 bits per heavy atom. The average Bonchev–Trinajstić information content (AvgIpc) is 2.39. The van der Waals surface area contributed by atoms with Crippen LogP contribution in [-0.2, 0) is 0 Å². The van der Waals surface area contributed by atoms with Crippen LogP contribution in [0.2, 0.25) is 14.8 Å². The van der Waals surface area contributed by atoms with E-state index in [0.29, 0.717) is 11.3 Å². The van der Waals surface area contributed by atoms with Crippen molar-refractivity contribution in [1.29, 1.82) is 0 Å². The summed E-state index contributed by atoms with van der Waals surface area (Å²) in [6, 6.07) is 15.5. The molecule has 0 radical (unpaired) electrons. The Hall–Kier alpha value is -1.29. The van der Waals surface area contributed by atoms with E-state index in [2.05, 4.69) is 27.0 Å². The first kappa shape index (κ1) is 14.1. The standard InChI is InChI=1S/C13H9O2.3CH3.Sn/c14-10-11-6-4-5-9-13(11)15-12-7-2-1-3-8-12;;;;/h1-2,4-10H;3*1H3;. The number of aldehydes is 1. The zero-order valence-electron chi connectivity index (χ0n) is 11.5. The zero-order chi connectivity index (χ0) is 13.9. The number of hydrogen-bond donors (Lipinski definition) is 0. The van der Waals surface area contributed by atoms with Gasteiger partial charge in [-0.05, 0) is 0 Å². The van der Waals surface area contributed by atoms with Crippen molar-refractivity contribution in [3.05, 3.63) is 54.1 Å². The number of carbonyl (C=O) groups excluding carboxylic acids is 1. The molecule has 0 aliphatic carbocycles. The van der Waals surface area contributed by atoms with Gasteiger partial charge in [-0.1, -0.05) is 0 Å². The maximum atomic E-state index is 11.0. The number of para-hydroxylation sites is 1. The predicted molar refractivity (Wildman–Crippen MR) is 81.3 cm³/mol. The predicted octanol–water partition coefficient (Wildman–Crippen LogP) is 3.84. The molecule has 0 unspecified atom stereocenters. The van der Waals surface area contributed by atoms with Crippen LogP contribution < -0.4 is 8.32 Å². The minimum absolute atomic E-state index is 0.576. The van der Waals surface area contributed by atoms with Crippen LogP contribution in [0.25, 0.3) is 0 Å². The molecule has 0 N–H and O–H groups in total. The van der Waals surface area contributed by atoms with Crippen molar-refractivity contribution in [1.82, 2.24) is 0 Å². The van der Waals surface area contributed by atoms with Crippen molar-refractivity contribution in [3.63, 3.8) is 0 Å². The van der Waals surface area contributed by atoms with Gasteiger partial charge in [0.05, 0.1) is 0 Å². The fourth-order valence-electron chi connectivity index (χ4n) is 1.82. The zero-order valence-corrected chi connectivity index (χ0v) is 14.4. The number of rotatable bonds is 4. The first-order valence-electron chi connectivity index (χ1n) is 6.33. The summed E-state index contributed by atoms with van der Waals surface area (Å²) in [6.07, 6.45) is 0.822. The van der Waals surface area contributed by atoms with Crippen LogP contribution in [0.15, 0.2) is 48.5 Å². The molecule has 0 aliphatic rings. The van der Waals surface area contributed by atoms with E-state index >= 15 is 0 Å². The molecule has 2 rings (SSSR count). The molecule has 98 valence electrons. The summed E-state index contributed by atoms with van der Waals surface area (Å²) in [5.41, 5.74) is 0.576. The first-order chi connectivity index (χ1) is 9.00. The average molecular weight is 361 g/mol. The SMILES string of the molecule is [CH3][Sn]([CH3])([CH3])[c]1cccc(Oc2ccccc2C=O)c1. The number of carbonyl (C=O) groups is 1. The van der Waals surface area contributed by atoms with E-state index in [1.54, 1.807) is 6.07 Å². The van der Waals surface area contributed by atoms with Gasteiger partial charge in [-0.2, -0.15) is 0 Å². The molecule has 3 heteroatoms. The normalized spacial score (nSPS) is 11.1. The number of benzene rings is 2. The van der Waals surface area contributed by atoms with Crippen LogP contribution in [0.1, 0.15) is 10.4 Å². The molecule has 2 nitrogen and oxygen atoms in total. The summed E-state index contributed by atoms with van der Waals surface area (Å²) in [4.78, 5) is 18.1. The Bertz CT molecular complexity index is 585. The summed E-state index contributed by atoms with van der Waals surface area (Å²) in [6.45, 7) is 0. The van der Waals surface area contributed by atoms with Gasteiger partial charge in [-0.3, -0.25) is 0 Å². The molecular weight excluding hydrogens is 343 g/mol. The molecule has 0 saturated heterocycles. The van der Waals surface area contributed by atoms with Crippen LogP contribution in [0.4, 0.5) is 0 Å². The summed E-state index contributed by atoms with van der Waals surface area (Å²) < 4.78 is 7.25. The summed E-state index contributed by atoms with van der Waals surface area (Å²) in [5, 5.41) is 0. The van der Waals surface area contributed by atoms with Crippen molar-refractivity contribution in [2.24, 2.45) is 0 Å². The van der Waals surface area contributed by atoms with E-state index in [4.69, 9.17) is 4.74 Å². The van der Waals surface area contributed by atoms with Crippen LogP contribution in [-0.4, -0.2) is 24.7 Å². The Morgan fingerprint density at radius 2 is 1.74 bits per heavy atom. The van der Waals surface area contributed by atoms with Gasteiger partial charge in [-0.25, -0.2) is 0 Å². The van der Waals surface area contributed by atoms with Crippen LogP contribution in [0, 0.1) is 0 Å².